The average Bonchev–Trinajstić information content (AvgIpc) is 2.27. The molecule has 1 fully saturated rings. The minimum Gasteiger partial charge on any atom is -0.481 e. The number of hydrogen-bond donors (Lipinski definition) is 2. The van der Waals surface area contributed by atoms with Gasteiger partial charge in [-0.15, -0.1) is 0 Å². The van der Waals surface area contributed by atoms with Gasteiger partial charge in [0.05, 0.1) is 6.42 Å². The van der Waals surface area contributed by atoms with Crippen molar-refractivity contribution in [1.82, 2.24) is 5.32 Å². The van der Waals surface area contributed by atoms with Crippen LogP contribution in [-0.4, -0.2) is 28.9 Å². The smallest absolute Gasteiger partial charge is 0.305 e. The van der Waals surface area contributed by atoms with Crippen LogP contribution in [0.4, 0.5) is 8.78 Å². The highest BCUT2D eigenvalue weighted by Crippen LogP contribution is 2.36. The summed E-state index contributed by atoms with van der Waals surface area (Å²) in [5.41, 5.74) is 0. The van der Waals surface area contributed by atoms with E-state index in [0.29, 0.717) is 0 Å². The maximum absolute atomic E-state index is 13.0. The molecule has 1 saturated carbocycles. The van der Waals surface area contributed by atoms with Crippen LogP contribution in [0.5, 0.6) is 0 Å². The van der Waals surface area contributed by atoms with E-state index in [2.05, 4.69) is 5.32 Å². The van der Waals surface area contributed by atoms with Gasteiger partial charge in [0.1, 0.15) is 0 Å². The summed E-state index contributed by atoms with van der Waals surface area (Å²) in [7, 11) is 0. The van der Waals surface area contributed by atoms with Crippen LogP contribution in [0.2, 0.25) is 0 Å². The molecule has 1 atom stereocenters. The van der Waals surface area contributed by atoms with E-state index < -0.39 is 23.9 Å². The molecule has 0 radical (unpaired) electrons. The molecule has 0 aliphatic heterocycles. The molecule has 0 heterocycles. The molecule has 1 aliphatic carbocycles. The number of alkyl halides is 2. The second-order valence-electron chi connectivity index (χ2n) is 5.59. The molecule has 1 aliphatic rings. The van der Waals surface area contributed by atoms with Gasteiger partial charge in [0.25, 0.3) is 0 Å². The van der Waals surface area contributed by atoms with E-state index >= 15 is 0 Å². The number of carboxylic acid groups (broad SMARTS) is 1. The van der Waals surface area contributed by atoms with Crippen molar-refractivity contribution in [1.29, 1.82) is 0 Å². The van der Waals surface area contributed by atoms with Crippen LogP contribution in [-0.2, 0) is 9.59 Å². The second kappa shape index (κ2) is 6.30. The number of carbonyl (C=O) groups is 2. The normalized spacial score (nSPS) is 21.1. The lowest BCUT2D eigenvalue weighted by atomic mass is 9.85. The first-order chi connectivity index (χ1) is 8.71. The zero-order chi connectivity index (χ0) is 14.6. The molecule has 1 unspecified atom stereocenters. The molecule has 19 heavy (non-hydrogen) atoms. The summed E-state index contributed by atoms with van der Waals surface area (Å²) >= 11 is 0. The Hall–Kier alpha value is -1.20. The summed E-state index contributed by atoms with van der Waals surface area (Å²) < 4.78 is 26.0. The third-order valence-corrected chi connectivity index (χ3v) is 3.61. The molecule has 6 heteroatoms. The molecule has 0 spiro atoms. The van der Waals surface area contributed by atoms with E-state index in [-0.39, 0.29) is 43.9 Å². The van der Waals surface area contributed by atoms with Crippen molar-refractivity contribution in [3.63, 3.8) is 0 Å². The minimum absolute atomic E-state index is 0.00918. The first-order valence-corrected chi connectivity index (χ1v) is 6.61. The highest BCUT2D eigenvalue weighted by molar-refractivity contribution is 5.80. The Kier molecular flexibility index (Phi) is 5.26. The Balaban J connectivity index is 2.51. The lowest BCUT2D eigenvalue weighted by Gasteiger charge is -2.29. The predicted molar refractivity (Wildman–Crippen MR) is 65.9 cm³/mol. The number of carbonyl (C=O) groups excluding carboxylic acids is 1. The molecule has 0 aromatic rings. The Morgan fingerprint density at radius 1 is 1.32 bits per heavy atom. The van der Waals surface area contributed by atoms with Gasteiger partial charge in [0.15, 0.2) is 0 Å². The van der Waals surface area contributed by atoms with E-state index in [4.69, 9.17) is 5.11 Å². The van der Waals surface area contributed by atoms with Gasteiger partial charge in [-0.2, -0.15) is 0 Å². The summed E-state index contributed by atoms with van der Waals surface area (Å²) in [6.45, 7) is 3.64. The maximum Gasteiger partial charge on any atom is 0.305 e. The first-order valence-electron chi connectivity index (χ1n) is 6.61. The van der Waals surface area contributed by atoms with Crippen molar-refractivity contribution in [2.45, 2.75) is 57.9 Å². The highest BCUT2D eigenvalue weighted by atomic mass is 19.3. The summed E-state index contributed by atoms with van der Waals surface area (Å²) in [4.78, 5) is 22.7. The predicted octanol–water partition coefficient (Wildman–Crippen LogP) is 2.43. The molecule has 0 aromatic carbocycles. The van der Waals surface area contributed by atoms with Crippen LogP contribution in [0.1, 0.15) is 46.0 Å². The highest BCUT2D eigenvalue weighted by Gasteiger charge is 2.37. The molecule has 0 aromatic heterocycles. The zero-order valence-corrected chi connectivity index (χ0v) is 11.3. The summed E-state index contributed by atoms with van der Waals surface area (Å²) in [6, 6.07) is -0.451. The SMILES string of the molecule is CC(C)C(CC(=O)O)NC(=O)C1CCC(F)(F)CC1. The summed E-state index contributed by atoms with van der Waals surface area (Å²) in [6.07, 6.45) is -0.355. The van der Waals surface area contributed by atoms with Gasteiger partial charge in [0, 0.05) is 24.8 Å². The van der Waals surface area contributed by atoms with Gasteiger partial charge < -0.3 is 10.4 Å². The lowest BCUT2D eigenvalue weighted by Crippen LogP contribution is -2.44. The van der Waals surface area contributed by atoms with E-state index in [1.54, 1.807) is 0 Å². The number of amides is 1. The van der Waals surface area contributed by atoms with E-state index in [0.717, 1.165) is 0 Å². The molecular formula is C13H21F2NO3. The van der Waals surface area contributed by atoms with Crippen molar-refractivity contribution < 1.29 is 23.5 Å². The van der Waals surface area contributed by atoms with Gasteiger partial charge in [-0.05, 0) is 18.8 Å². The van der Waals surface area contributed by atoms with Gasteiger partial charge >= 0.3 is 5.97 Å². The van der Waals surface area contributed by atoms with Gasteiger partial charge in [-0.1, -0.05) is 13.8 Å². The molecule has 1 amide bonds. The fourth-order valence-corrected chi connectivity index (χ4v) is 2.24. The van der Waals surface area contributed by atoms with Crippen LogP contribution < -0.4 is 5.32 Å². The van der Waals surface area contributed by atoms with E-state index in [1.807, 2.05) is 13.8 Å². The van der Waals surface area contributed by atoms with Gasteiger partial charge in [0.2, 0.25) is 11.8 Å². The Morgan fingerprint density at radius 2 is 1.84 bits per heavy atom. The third-order valence-electron chi connectivity index (χ3n) is 3.61. The zero-order valence-electron chi connectivity index (χ0n) is 11.3. The largest absolute Gasteiger partial charge is 0.481 e. The van der Waals surface area contributed by atoms with Crippen molar-refractivity contribution in [2.24, 2.45) is 11.8 Å². The quantitative estimate of drug-likeness (QED) is 0.811. The van der Waals surface area contributed by atoms with Crippen LogP contribution in [0.3, 0.4) is 0 Å². The Bertz CT molecular complexity index is 335. The van der Waals surface area contributed by atoms with Crippen molar-refractivity contribution >= 4 is 11.9 Å². The molecular weight excluding hydrogens is 256 g/mol. The molecule has 1 rings (SSSR count). The van der Waals surface area contributed by atoms with Crippen LogP contribution in [0.25, 0.3) is 0 Å². The average molecular weight is 277 g/mol. The number of carboxylic acids is 1. The number of hydrogen-bond acceptors (Lipinski definition) is 2. The van der Waals surface area contributed by atoms with Crippen LogP contribution >= 0.6 is 0 Å². The number of nitrogens with one attached hydrogen (secondary N) is 1. The van der Waals surface area contributed by atoms with E-state index in [1.165, 1.54) is 0 Å². The molecule has 110 valence electrons. The summed E-state index contributed by atoms with van der Waals surface area (Å²) in [5, 5.41) is 11.5. The van der Waals surface area contributed by atoms with Gasteiger partial charge in [-0.25, -0.2) is 8.78 Å². The fourth-order valence-electron chi connectivity index (χ4n) is 2.24. The standard InChI is InChI=1S/C13H21F2NO3/c1-8(2)10(7-11(17)18)16-12(19)9-3-5-13(14,15)6-4-9/h8-10H,3-7H2,1-2H3,(H,16,19)(H,17,18). The summed E-state index contributed by atoms with van der Waals surface area (Å²) in [5.74, 6) is -4.36. The van der Waals surface area contributed by atoms with Gasteiger partial charge in [-0.3, -0.25) is 9.59 Å². The molecule has 4 nitrogen and oxygen atoms in total. The van der Waals surface area contributed by atoms with Crippen molar-refractivity contribution in [3.05, 3.63) is 0 Å². The fraction of sp³-hybridized carbons (Fsp3) is 0.846. The number of rotatable bonds is 5. The maximum atomic E-state index is 13.0. The molecule has 2 N–H and O–H groups in total. The van der Waals surface area contributed by atoms with Crippen molar-refractivity contribution in [3.8, 4) is 0 Å². The molecule has 0 saturated heterocycles. The van der Waals surface area contributed by atoms with Crippen molar-refractivity contribution in [2.75, 3.05) is 0 Å². The minimum atomic E-state index is -2.66. The Labute approximate surface area is 111 Å². The lowest BCUT2D eigenvalue weighted by molar-refractivity contribution is -0.138. The first kappa shape index (κ1) is 15.9. The monoisotopic (exact) mass is 277 g/mol. The third kappa shape index (κ3) is 5.12. The van der Waals surface area contributed by atoms with Crippen LogP contribution in [0, 0.1) is 11.8 Å². The molecule has 0 bridgehead atoms. The van der Waals surface area contributed by atoms with E-state index in [9.17, 15) is 18.4 Å². The number of halogens is 2. The number of aliphatic carboxylic acids is 1. The van der Waals surface area contributed by atoms with Crippen LogP contribution in [0.15, 0.2) is 0 Å². The second-order valence-corrected chi connectivity index (χ2v) is 5.59. The topological polar surface area (TPSA) is 66.4 Å². The Morgan fingerprint density at radius 3 is 2.26 bits per heavy atom.